The number of likely N-dealkylation sites (N-methyl/N-ethyl adjacent to an activating group) is 1. The van der Waals surface area contributed by atoms with E-state index in [-0.39, 0.29) is 17.9 Å². The Kier molecular flexibility index (Phi) is 4.85. The van der Waals surface area contributed by atoms with E-state index in [0.29, 0.717) is 36.5 Å². The Balaban J connectivity index is 1.95. The first-order chi connectivity index (χ1) is 12.0. The van der Waals surface area contributed by atoms with Crippen LogP contribution in [0, 0.1) is 6.92 Å². The van der Waals surface area contributed by atoms with Gasteiger partial charge < -0.3 is 20.5 Å². The van der Waals surface area contributed by atoms with Crippen LogP contribution in [-0.2, 0) is 4.79 Å². The summed E-state index contributed by atoms with van der Waals surface area (Å²) in [5, 5.41) is 6.82. The molecule has 1 aliphatic rings. The summed E-state index contributed by atoms with van der Waals surface area (Å²) >= 11 is 0. The number of nitrogens with one attached hydrogen (secondary N) is 1. The molecule has 2 heterocycles. The molecule has 1 aliphatic heterocycles. The average molecular weight is 342 g/mol. The molecule has 3 rings (SSSR count). The molecule has 2 amide bonds. The highest BCUT2D eigenvalue weighted by Gasteiger charge is 2.40. The van der Waals surface area contributed by atoms with Crippen LogP contribution in [0.15, 0.2) is 34.9 Å². The first-order valence-corrected chi connectivity index (χ1v) is 8.38. The second kappa shape index (κ2) is 7.06. The maximum Gasteiger partial charge on any atom is 0.260 e. The van der Waals surface area contributed by atoms with Gasteiger partial charge in [-0.05, 0) is 20.3 Å². The molecule has 0 unspecified atom stereocenters. The first kappa shape index (κ1) is 17.2. The van der Waals surface area contributed by atoms with Crippen LogP contribution in [0.25, 0.3) is 11.3 Å². The van der Waals surface area contributed by atoms with Crippen molar-refractivity contribution in [1.82, 2.24) is 15.4 Å². The van der Waals surface area contributed by atoms with Gasteiger partial charge in [-0.15, -0.1) is 0 Å². The molecular formula is C18H22N4O3. The van der Waals surface area contributed by atoms with Crippen molar-refractivity contribution in [3.05, 3.63) is 41.7 Å². The van der Waals surface area contributed by atoms with Crippen molar-refractivity contribution in [3.8, 4) is 11.3 Å². The number of carbonyl (C=O) groups excluding carboxylic acids is 2. The monoisotopic (exact) mass is 342 g/mol. The van der Waals surface area contributed by atoms with Gasteiger partial charge in [0, 0.05) is 24.7 Å². The van der Waals surface area contributed by atoms with Gasteiger partial charge in [0.1, 0.15) is 23.1 Å². The van der Waals surface area contributed by atoms with Crippen molar-refractivity contribution in [1.29, 1.82) is 0 Å². The molecule has 0 bridgehead atoms. The minimum atomic E-state index is -0.569. The predicted molar refractivity (Wildman–Crippen MR) is 92.8 cm³/mol. The van der Waals surface area contributed by atoms with Crippen LogP contribution in [0.5, 0.6) is 0 Å². The number of likely N-dealkylation sites (tertiary alicyclic amines) is 1. The fourth-order valence-corrected chi connectivity index (χ4v) is 3.19. The Hall–Kier alpha value is -2.67. The van der Waals surface area contributed by atoms with Crippen LogP contribution >= 0.6 is 0 Å². The van der Waals surface area contributed by atoms with Crippen LogP contribution in [0.1, 0.15) is 29.5 Å². The number of nitrogens with zero attached hydrogens (tertiary/aromatic N) is 2. The van der Waals surface area contributed by atoms with Crippen LogP contribution < -0.4 is 11.1 Å². The van der Waals surface area contributed by atoms with Gasteiger partial charge >= 0.3 is 0 Å². The highest BCUT2D eigenvalue weighted by atomic mass is 16.5. The lowest BCUT2D eigenvalue weighted by atomic mass is 10.0. The number of hydrogen-bond acceptors (Lipinski definition) is 5. The van der Waals surface area contributed by atoms with E-state index in [2.05, 4.69) is 10.5 Å². The lowest BCUT2D eigenvalue weighted by Crippen LogP contribution is -2.46. The summed E-state index contributed by atoms with van der Waals surface area (Å²) in [6, 6.07) is 8.57. The van der Waals surface area contributed by atoms with Gasteiger partial charge in [0.05, 0.1) is 0 Å². The third kappa shape index (κ3) is 3.28. The Morgan fingerprint density at radius 2 is 2.08 bits per heavy atom. The molecule has 1 saturated heterocycles. The number of nitrogens with two attached hydrogens (primary N) is 1. The molecule has 7 heteroatoms. The van der Waals surface area contributed by atoms with Crippen molar-refractivity contribution in [2.24, 2.45) is 5.73 Å². The highest BCUT2D eigenvalue weighted by molar-refractivity contribution is 6.03. The number of aryl methyl sites for hydroxylation is 1. The SMILES string of the molecule is CCNC(=O)[C@@H]1C[C@H](N)CN1C(=O)c1c(-c2ccccc2)noc1C. The molecule has 3 N–H and O–H groups in total. The minimum Gasteiger partial charge on any atom is -0.360 e. The van der Waals surface area contributed by atoms with Crippen molar-refractivity contribution in [2.45, 2.75) is 32.4 Å². The summed E-state index contributed by atoms with van der Waals surface area (Å²) in [6.07, 6.45) is 0.447. The molecule has 1 aromatic carbocycles. The van der Waals surface area contributed by atoms with Crippen molar-refractivity contribution >= 4 is 11.8 Å². The molecule has 0 aliphatic carbocycles. The van der Waals surface area contributed by atoms with Crippen LogP contribution in [0.4, 0.5) is 0 Å². The fourth-order valence-electron chi connectivity index (χ4n) is 3.19. The standard InChI is InChI=1S/C18H22N4O3/c1-3-20-17(23)14-9-13(19)10-22(14)18(24)15-11(2)25-21-16(15)12-7-5-4-6-8-12/h4-8,13-14H,3,9-10,19H2,1-2H3,(H,20,23)/t13-,14-/m0/s1. The van der Waals surface area contributed by atoms with Crippen LogP contribution in [-0.4, -0.2) is 47.0 Å². The number of benzene rings is 1. The van der Waals surface area contributed by atoms with Gasteiger partial charge in [0.15, 0.2) is 0 Å². The molecule has 7 nitrogen and oxygen atoms in total. The molecule has 0 saturated carbocycles. The van der Waals surface area contributed by atoms with E-state index in [0.717, 1.165) is 5.56 Å². The van der Waals surface area contributed by atoms with E-state index >= 15 is 0 Å². The van der Waals surface area contributed by atoms with E-state index in [1.807, 2.05) is 37.3 Å². The van der Waals surface area contributed by atoms with Gasteiger partial charge in [-0.2, -0.15) is 0 Å². The molecule has 132 valence electrons. The molecule has 2 atom stereocenters. The van der Waals surface area contributed by atoms with E-state index in [4.69, 9.17) is 10.3 Å². The third-order valence-electron chi connectivity index (χ3n) is 4.37. The van der Waals surface area contributed by atoms with Crippen molar-refractivity contribution < 1.29 is 14.1 Å². The summed E-state index contributed by atoms with van der Waals surface area (Å²) in [5.41, 5.74) is 7.68. The molecule has 1 aromatic heterocycles. The predicted octanol–water partition coefficient (Wildman–Crippen LogP) is 1.33. The number of amides is 2. The number of carbonyl (C=O) groups is 2. The Bertz CT molecular complexity index is 772. The zero-order chi connectivity index (χ0) is 18.0. The maximum atomic E-state index is 13.2. The topological polar surface area (TPSA) is 101 Å². The molecule has 1 fully saturated rings. The van der Waals surface area contributed by atoms with Crippen molar-refractivity contribution in [2.75, 3.05) is 13.1 Å². The number of rotatable bonds is 4. The average Bonchev–Trinajstić information content (AvgIpc) is 3.18. The normalized spacial score (nSPS) is 19.9. The second-order valence-corrected chi connectivity index (χ2v) is 6.19. The third-order valence-corrected chi connectivity index (χ3v) is 4.37. The summed E-state index contributed by atoms with van der Waals surface area (Å²) in [6.45, 7) is 4.38. The Morgan fingerprint density at radius 3 is 2.76 bits per heavy atom. The number of hydrogen-bond donors (Lipinski definition) is 2. The van der Waals surface area contributed by atoms with E-state index in [1.54, 1.807) is 6.92 Å². The Morgan fingerprint density at radius 1 is 1.36 bits per heavy atom. The summed E-state index contributed by atoms with van der Waals surface area (Å²) in [7, 11) is 0. The molecule has 25 heavy (non-hydrogen) atoms. The summed E-state index contributed by atoms with van der Waals surface area (Å²) < 4.78 is 5.27. The van der Waals surface area contributed by atoms with E-state index in [1.165, 1.54) is 4.90 Å². The molecule has 0 radical (unpaired) electrons. The van der Waals surface area contributed by atoms with Gasteiger partial charge in [-0.25, -0.2) is 0 Å². The quantitative estimate of drug-likeness (QED) is 0.873. The van der Waals surface area contributed by atoms with Gasteiger partial charge in [-0.3, -0.25) is 9.59 Å². The van der Waals surface area contributed by atoms with E-state index in [9.17, 15) is 9.59 Å². The number of aromatic nitrogens is 1. The first-order valence-electron chi connectivity index (χ1n) is 8.38. The lowest BCUT2D eigenvalue weighted by Gasteiger charge is -2.23. The van der Waals surface area contributed by atoms with Gasteiger partial charge in [0.25, 0.3) is 5.91 Å². The minimum absolute atomic E-state index is 0.181. The highest BCUT2D eigenvalue weighted by Crippen LogP contribution is 2.29. The second-order valence-electron chi connectivity index (χ2n) is 6.19. The zero-order valence-electron chi connectivity index (χ0n) is 14.4. The summed E-state index contributed by atoms with van der Waals surface area (Å²) in [5.74, 6) is -0.0278. The van der Waals surface area contributed by atoms with Crippen LogP contribution in [0.3, 0.4) is 0 Å². The smallest absolute Gasteiger partial charge is 0.260 e. The maximum absolute atomic E-state index is 13.2. The fraction of sp³-hybridized carbons (Fsp3) is 0.389. The zero-order valence-corrected chi connectivity index (χ0v) is 14.4. The summed E-state index contributed by atoms with van der Waals surface area (Å²) in [4.78, 5) is 27.0. The van der Waals surface area contributed by atoms with E-state index < -0.39 is 6.04 Å². The van der Waals surface area contributed by atoms with Crippen molar-refractivity contribution in [3.63, 3.8) is 0 Å². The lowest BCUT2D eigenvalue weighted by molar-refractivity contribution is -0.124. The van der Waals surface area contributed by atoms with Crippen LogP contribution in [0.2, 0.25) is 0 Å². The largest absolute Gasteiger partial charge is 0.360 e. The van der Waals surface area contributed by atoms with Gasteiger partial charge in [-0.1, -0.05) is 35.5 Å². The molecule has 2 aromatic rings. The molecule has 0 spiro atoms. The Labute approximate surface area is 146 Å². The molecular weight excluding hydrogens is 320 g/mol. The van der Waals surface area contributed by atoms with Gasteiger partial charge in [0.2, 0.25) is 5.91 Å².